The molecule has 2 amide bonds. The van der Waals surface area contributed by atoms with Gasteiger partial charge in [-0.25, -0.2) is 13.6 Å². The summed E-state index contributed by atoms with van der Waals surface area (Å²) in [5, 5.41) is 16.8. The Morgan fingerprint density at radius 2 is 1.53 bits per heavy atom. The van der Waals surface area contributed by atoms with E-state index < -0.39 is 54.5 Å². The molecule has 0 aliphatic carbocycles. The Morgan fingerprint density at radius 1 is 0.941 bits per heavy atom. The predicted octanol–water partition coefficient (Wildman–Crippen LogP) is 2.68. The van der Waals surface area contributed by atoms with Gasteiger partial charge < -0.3 is 21.1 Å². The number of halogens is 3. The normalized spacial score (nSPS) is 14.1. The number of carboxylic acid groups (broad SMARTS) is 1. The van der Waals surface area contributed by atoms with Crippen LogP contribution in [0.3, 0.4) is 0 Å². The molecule has 0 radical (unpaired) electrons. The van der Waals surface area contributed by atoms with Crippen LogP contribution in [0, 0.1) is 5.92 Å². The van der Waals surface area contributed by atoms with Crippen molar-refractivity contribution in [2.45, 2.75) is 77.6 Å². The van der Waals surface area contributed by atoms with E-state index in [4.69, 9.17) is 5.11 Å². The number of nitrogens with one attached hydrogen (secondary N) is 3. The molecule has 8 nitrogen and oxygen atoms in total. The van der Waals surface area contributed by atoms with Crippen LogP contribution in [0.25, 0.3) is 0 Å². The zero-order chi connectivity index (χ0) is 26.0. The van der Waals surface area contributed by atoms with Crippen molar-refractivity contribution in [1.29, 1.82) is 0 Å². The maximum absolute atomic E-state index is 13.1. The van der Waals surface area contributed by atoms with Gasteiger partial charge in [0.15, 0.2) is 0 Å². The lowest BCUT2D eigenvalue weighted by Gasteiger charge is -2.26. The summed E-state index contributed by atoms with van der Waals surface area (Å²) in [6, 6.07) is 3.62. The molecule has 0 heterocycles. The summed E-state index contributed by atoms with van der Waals surface area (Å²) in [5.74, 6) is -4.92. The minimum Gasteiger partial charge on any atom is -0.475 e. The molecule has 0 spiro atoms. The first-order chi connectivity index (χ1) is 15.8. The van der Waals surface area contributed by atoms with Gasteiger partial charge in [0.1, 0.15) is 12.1 Å². The van der Waals surface area contributed by atoms with Gasteiger partial charge in [-0.05, 0) is 36.5 Å². The fourth-order valence-electron chi connectivity index (χ4n) is 3.34. The van der Waals surface area contributed by atoms with Crippen molar-refractivity contribution in [3.05, 3.63) is 34.3 Å². The fraction of sp³-hybridized carbons (Fsp3) is 0.565. The molecule has 3 atom stereocenters. The van der Waals surface area contributed by atoms with Crippen LogP contribution >= 0.6 is 15.9 Å². The Bertz CT molecular complexity index is 867. The molecule has 11 heteroatoms. The Kier molecular flexibility index (Phi) is 12.3. The quantitative estimate of drug-likeness (QED) is 0.265. The minimum atomic E-state index is -3.00. The van der Waals surface area contributed by atoms with Gasteiger partial charge in [-0.2, -0.15) is 0 Å². The highest BCUT2D eigenvalue weighted by Crippen LogP contribution is 2.14. The average Bonchev–Trinajstić information content (AvgIpc) is 2.70. The number of benzene rings is 1. The van der Waals surface area contributed by atoms with Gasteiger partial charge in [0.2, 0.25) is 18.2 Å². The molecule has 1 aromatic carbocycles. The number of rotatable bonds is 14. The number of hydrogen-bond donors (Lipinski definition) is 4. The number of carbonyl (C=O) groups is 4. The number of aliphatic carboxylic acids is 1. The van der Waals surface area contributed by atoms with Gasteiger partial charge in [-0.3, -0.25) is 14.4 Å². The largest absolute Gasteiger partial charge is 0.475 e. The standard InChI is InChI=1S/C23H32BrF2N3O5/c1-12(2)8-17(21(31)28-16(11-19(25)26)20(30)23(33)34)29-22(32)18(27-13(3)4)10-14-6-5-7-15(24)9-14/h5-7,9,12-13,16-19,27H,8,10-11H2,1-4H3,(H,28,31)(H,29,32)(H,33,34)/t16?,17-,18-/m0/s1. The summed E-state index contributed by atoms with van der Waals surface area (Å²) in [6.07, 6.45) is -3.66. The lowest BCUT2D eigenvalue weighted by molar-refractivity contribution is -0.151. The highest BCUT2D eigenvalue weighted by molar-refractivity contribution is 9.10. The van der Waals surface area contributed by atoms with Crippen molar-refractivity contribution in [2.75, 3.05) is 0 Å². The zero-order valence-electron chi connectivity index (χ0n) is 19.6. The van der Waals surface area contributed by atoms with Crippen LogP contribution < -0.4 is 16.0 Å². The molecule has 0 saturated heterocycles. The molecule has 34 heavy (non-hydrogen) atoms. The van der Waals surface area contributed by atoms with E-state index in [0.29, 0.717) is 6.42 Å². The Balaban J connectivity index is 3.07. The van der Waals surface area contributed by atoms with Crippen LogP contribution in [-0.2, 0) is 25.6 Å². The van der Waals surface area contributed by atoms with Crippen molar-refractivity contribution >= 4 is 39.5 Å². The number of carbonyl (C=O) groups excluding carboxylic acids is 3. The highest BCUT2D eigenvalue weighted by Gasteiger charge is 2.33. The maximum atomic E-state index is 13.1. The van der Waals surface area contributed by atoms with Crippen LogP contribution in [0.5, 0.6) is 0 Å². The van der Waals surface area contributed by atoms with Crippen LogP contribution in [0.15, 0.2) is 28.7 Å². The van der Waals surface area contributed by atoms with Crippen LogP contribution in [-0.4, -0.2) is 59.3 Å². The van der Waals surface area contributed by atoms with Crippen LogP contribution in [0.1, 0.15) is 46.1 Å². The molecule has 190 valence electrons. The van der Waals surface area contributed by atoms with Crippen molar-refractivity contribution in [1.82, 2.24) is 16.0 Å². The van der Waals surface area contributed by atoms with Gasteiger partial charge in [0.25, 0.3) is 5.78 Å². The van der Waals surface area contributed by atoms with Crippen molar-refractivity contribution < 1.29 is 33.1 Å². The molecule has 0 saturated carbocycles. The summed E-state index contributed by atoms with van der Waals surface area (Å²) < 4.78 is 26.6. The van der Waals surface area contributed by atoms with E-state index in [1.807, 2.05) is 38.1 Å². The van der Waals surface area contributed by atoms with E-state index in [0.717, 1.165) is 10.0 Å². The summed E-state index contributed by atoms with van der Waals surface area (Å²) >= 11 is 3.39. The molecule has 4 N–H and O–H groups in total. The van der Waals surface area contributed by atoms with Gasteiger partial charge in [0.05, 0.1) is 6.04 Å². The molecule has 1 aromatic rings. The first-order valence-corrected chi connectivity index (χ1v) is 11.8. The van der Waals surface area contributed by atoms with E-state index in [1.54, 1.807) is 13.8 Å². The third-order valence-corrected chi connectivity index (χ3v) is 5.27. The smallest absolute Gasteiger partial charge is 0.374 e. The zero-order valence-corrected chi connectivity index (χ0v) is 21.2. The van der Waals surface area contributed by atoms with Gasteiger partial charge in [0, 0.05) is 16.9 Å². The topological polar surface area (TPSA) is 125 Å². The lowest BCUT2D eigenvalue weighted by atomic mass is 10.00. The van der Waals surface area contributed by atoms with Crippen molar-refractivity contribution in [3.63, 3.8) is 0 Å². The molecular formula is C23H32BrF2N3O5. The van der Waals surface area contributed by atoms with E-state index >= 15 is 0 Å². The molecule has 0 bridgehead atoms. The Labute approximate surface area is 206 Å². The Morgan fingerprint density at radius 3 is 2.03 bits per heavy atom. The van der Waals surface area contributed by atoms with Crippen LogP contribution in [0.4, 0.5) is 8.78 Å². The SMILES string of the molecule is CC(C)C[C@H](NC(=O)[C@H](Cc1cccc(Br)c1)NC(C)C)C(=O)NC(CC(F)F)C(=O)C(=O)O. The monoisotopic (exact) mass is 547 g/mol. The summed E-state index contributed by atoms with van der Waals surface area (Å²) in [6.45, 7) is 7.34. The van der Waals surface area contributed by atoms with E-state index in [1.165, 1.54) is 0 Å². The first kappa shape index (κ1) is 29.6. The van der Waals surface area contributed by atoms with Gasteiger partial charge in [-0.15, -0.1) is 0 Å². The van der Waals surface area contributed by atoms with Gasteiger partial charge in [-0.1, -0.05) is 55.8 Å². The second kappa shape index (κ2) is 14.1. The summed E-state index contributed by atoms with van der Waals surface area (Å²) in [7, 11) is 0. The van der Waals surface area contributed by atoms with E-state index in [9.17, 15) is 28.0 Å². The highest BCUT2D eigenvalue weighted by atomic mass is 79.9. The minimum absolute atomic E-state index is 0.0520. The number of alkyl halides is 2. The molecule has 0 aliphatic heterocycles. The molecule has 0 aliphatic rings. The number of ketones is 1. The van der Waals surface area contributed by atoms with Crippen molar-refractivity contribution in [3.8, 4) is 0 Å². The number of hydrogen-bond acceptors (Lipinski definition) is 5. The average molecular weight is 548 g/mol. The third kappa shape index (κ3) is 10.7. The second-order valence-electron chi connectivity index (χ2n) is 8.76. The molecule has 0 fully saturated rings. The first-order valence-electron chi connectivity index (χ1n) is 11.0. The number of Topliss-reactive ketones (excluding diaryl/α,β-unsaturated/α-hetero) is 1. The molecule has 1 unspecified atom stereocenters. The molecule has 1 rings (SSSR count). The maximum Gasteiger partial charge on any atom is 0.374 e. The number of amides is 2. The fourth-order valence-corrected chi connectivity index (χ4v) is 3.78. The van der Waals surface area contributed by atoms with Gasteiger partial charge >= 0.3 is 5.97 Å². The van der Waals surface area contributed by atoms with E-state index in [2.05, 4.69) is 31.9 Å². The predicted molar refractivity (Wildman–Crippen MR) is 126 cm³/mol. The lowest BCUT2D eigenvalue weighted by Crippen LogP contribution is -2.57. The second-order valence-corrected chi connectivity index (χ2v) is 9.67. The van der Waals surface area contributed by atoms with E-state index in [-0.39, 0.29) is 18.4 Å². The molecule has 0 aromatic heterocycles. The number of carboxylic acids is 1. The third-order valence-electron chi connectivity index (χ3n) is 4.78. The van der Waals surface area contributed by atoms with Crippen LogP contribution in [0.2, 0.25) is 0 Å². The molecular weight excluding hydrogens is 516 g/mol. The summed E-state index contributed by atoms with van der Waals surface area (Å²) in [5.41, 5.74) is 0.872. The van der Waals surface area contributed by atoms with Crippen molar-refractivity contribution in [2.24, 2.45) is 5.92 Å². The Hall–Kier alpha value is -2.40. The summed E-state index contributed by atoms with van der Waals surface area (Å²) in [4.78, 5) is 48.7.